The van der Waals surface area contributed by atoms with E-state index in [1.165, 1.54) is 44.6 Å². The quantitative estimate of drug-likeness (QED) is 0.283. The maximum absolute atomic E-state index is 11.3. The van der Waals surface area contributed by atoms with E-state index < -0.39 is 0 Å². The molecule has 28 heavy (non-hydrogen) atoms. The molecule has 0 fully saturated rings. The third kappa shape index (κ3) is 8.99. The Bertz CT molecular complexity index is 596. The largest absolute Gasteiger partial charge is 0.508 e. The Morgan fingerprint density at radius 1 is 1.00 bits per heavy atom. The van der Waals surface area contributed by atoms with Crippen molar-refractivity contribution >= 4 is 5.91 Å². The van der Waals surface area contributed by atoms with Crippen LogP contribution in [0.5, 0.6) is 11.5 Å². The summed E-state index contributed by atoms with van der Waals surface area (Å²) in [7, 11) is 0. The second-order valence-electron chi connectivity index (χ2n) is 9.15. The molecule has 4 heteroatoms. The Kier molecular flexibility index (Phi) is 10.4. The number of unbranched alkanes of at least 4 members (excludes halogenated alkanes) is 6. The van der Waals surface area contributed by atoms with Crippen molar-refractivity contribution in [3.63, 3.8) is 0 Å². The summed E-state index contributed by atoms with van der Waals surface area (Å²) in [5.41, 5.74) is 0.685. The number of carbonyl (C=O) groups excluding carboxylic acids is 1. The number of carbonyl (C=O) groups is 1. The molecule has 0 aliphatic carbocycles. The van der Waals surface area contributed by atoms with Gasteiger partial charge in [0.2, 0.25) is 5.91 Å². The monoisotopic (exact) mass is 391 g/mol. The molecule has 0 bridgehead atoms. The van der Waals surface area contributed by atoms with Crippen LogP contribution >= 0.6 is 0 Å². The Morgan fingerprint density at radius 3 is 2.14 bits per heavy atom. The highest BCUT2D eigenvalue weighted by Crippen LogP contribution is 2.37. The summed E-state index contributed by atoms with van der Waals surface area (Å²) < 4.78 is 0. The number of nitrogens with one attached hydrogen (secondary N) is 1. The summed E-state index contributed by atoms with van der Waals surface area (Å²) in [6.45, 7) is 10.2. The standard InChI is InChI=1S/C24H41NO3/c1-18(2)22(25-19(3)26)13-11-9-7-6-8-10-12-16-24(4,5)21-17-20(27)14-15-23(21)28/h14-15,17-18,22,27-28H,6-13,16H2,1-5H3,(H,25,26). The molecule has 0 aliphatic rings. The summed E-state index contributed by atoms with van der Waals surface area (Å²) in [6.07, 6.45) is 10.5. The second-order valence-corrected chi connectivity index (χ2v) is 9.15. The predicted molar refractivity (Wildman–Crippen MR) is 117 cm³/mol. The molecule has 1 rings (SSSR count). The summed E-state index contributed by atoms with van der Waals surface area (Å²) in [5.74, 6) is 1.03. The van der Waals surface area contributed by atoms with Crippen LogP contribution in [-0.2, 0) is 10.2 Å². The van der Waals surface area contributed by atoms with Crippen LogP contribution in [0.4, 0.5) is 0 Å². The molecular weight excluding hydrogens is 350 g/mol. The summed E-state index contributed by atoms with van der Waals surface area (Å²) >= 11 is 0. The maximum atomic E-state index is 11.3. The third-order valence-corrected chi connectivity index (χ3v) is 5.72. The first-order valence-electron chi connectivity index (χ1n) is 10.9. The topological polar surface area (TPSA) is 69.6 Å². The van der Waals surface area contributed by atoms with Crippen LogP contribution in [-0.4, -0.2) is 22.2 Å². The minimum absolute atomic E-state index is 0.0701. The molecule has 0 radical (unpaired) electrons. The zero-order chi connectivity index (χ0) is 21.2. The minimum Gasteiger partial charge on any atom is -0.508 e. The van der Waals surface area contributed by atoms with E-state index in [1.54, 1.807) is 19.1 Å². The zero-order valence-electron chi connectivity index (χ0n) is 18.6. The number of amides is 1. The van der Waals surface area contributed by atoms with Gasteiger partial charge in [0, 0.05) is 18.5 Å². The third-order valence-electron chi connectivity index (χ3n) is 5.72. The molecule has 1 amide bonds. The minimum atomic E-state index is -0.140. The van der Waals surface area contributed by atoms with E-state index >= 15 is 0 Å². The average Bonchev–Trinajstić information content (AvgIpc) is 2.60. The van der Waals surface area contributed by atoms with Crippen LogP contribution in [0.15, 0.2) is 18.2 Å². The van der Waals surface area contributed by atoms with Gasteiger partial charge >= 0.3 is 0 Å². The molecule has 160 valence electrons. The fourth-order valence-electron chi connectivity index (χ4n) is 3.85. The lowest BCUT2D eigenvalue weighted by Crippen LogP contribution is -2.37. The molecule has 1 aromatic carbocycles. The van der Waals surface area contributed by atoms with Crippen LogP contribution < -0.4 is 5.32 Å². The van der Waals surface area contributed by atoms with E-state index in [0.29, 0.717) is 12.0 Å². The van der Waals surface area contributed by atoms with Crippen LogP contribution in [0.3, 0.4) is 0 Å². The van der Waals surface area contributed by atoms with Gasteiger partial charge in [-0.25, -0.2) is 0 Å². The van der Waals surface area contributed by atoms with Gasteiger partial charge in [0.05, 0.1) is 0 Å². The van der Waals surface area contributed by atoms with Gasteiger partial charge in [-0.05, 0) is 42.4 Å². The van der Waals surface area contributed by atoms with Gasteiger partial charge in [0.25, 0.3) is 0 Å². The molecule has 0 aliphatic heterocycles. The zero-order valence-corrected chi connectivity index (χ0v) is 18.6. The number of aromatic hydroxyl groups is 2. The number of hydrogen-bond donors (Lipinski definition) is 3. The lowest BCUT2D eigenvalue weighted by molar-refractivity contribution is -0.120. The Labute approximate surface area is 171 Å². The molecule has 3 N–H and O–H groups in total. The van der Waals surface area contributed by atoms with Crippen LogP contribution in [0.1, 0.15) is 98.0 Å². The number of hydrogen-bond acceptors (Lipinski definition) is 3. The smallest absolute Gasteiger partial charge is 0.217 e. The van der Waals surface area contributed by atoms with E-state index in [4.69, 9.17) is 0 Å². The first-order chi connectivity index (χ1) is 13.1. The molecule has 0 saturated heterocycles. The number of phenolic OH excluding ortho intramolecular Hbond substituents is 2. The molecule has 0 heterocycles. The lowest BCUT2D eigenvalue weighted by Gasteiger charge is -2.26. The van der Waals surface area contributed by atoms with Gasteiger partial charge in [0.1, 0.15) is 11.5 Å². The fourth-order valence-corrected chi connectivity index (χ4v) is 3.85. The van der Waals surface area contributed by atoms with Crippen molar-refractivity contribution in [2.45, 2.75) is 104 Å². The number of benzene rings is 1. The van der Waals surface area contributed by atoms with Crippen molar-refractivity contribution < 1.29 is 15.0 Å². The van der Waals surface area contributed by atoms with Gasteiger partial charge in [-0.2, -0.15) is 0 Å². The van der Waals surface area contributed by atoms with E-state index in [-0.39, 0.29) is 22.8 Å². The molecular formula is C24H41NO3. The molecule has 1 atom stereocenters. The van der Waals surface area contributed by atoms with E-state index in [1.807, 2.05) is 0 Å². The Hall–Kier alpha value is -1.71. The highest BCUT2D eigenvalue weighted by molar-refractivity contribution is 5.73. The first-order valence-corrected chi connectivity index (χ1v) is 10.9. The van der Waals surface area contributed by atoms with Crippen LogP contribution in [0.2, 0.25) is 0 Å². The van der Waals surface area contributed by atoms with Crippen LogP contribution in [0, 0.1) is 5.92 Å². The summed E-state index contributed by atoms with van der Waals surface area (Å²) in [6, 6.07) is 5.07. The second kappa shape index (κ2) is 12.0. The van der Waals surface area contributed by atoms with E-state index in [2.05, 4.69) is 33.0 Å². The molecule has 1 unspecified atom stereocenters. The van der Waals surface area contributed by atoms with Crippen molar-refractivity contribution in [2.75, 3.05) is 0 Å². The maximum Gasteiger partial charge on any atom is 0.217 e. The molecule has 1 aromatic rings. The van der Waals surface area contributed by atoms with Gasteiger partial charge in [-0.1, -0.05) is 72.6 Å². The van der Waals surface area contributed by atoms with Crippen molar-refractivity contribution in [3.8, 4) is 11.5 Å². The summed E-state index contributed by atoms with van der Waals surface area (Å²) in [4.78, 5) is 11.3. The predicted octanol–water partition coefficient (Wildman–Crippen LogP) is 6.05. The number of rotatable bonds is 13. The van der Waals surface area contributed by atoms with E-state index in [9.17, 15) is 15.0 Å². The van der Waals surface area contributed by atoms with Gasteiger partial charge in [-0.3, -0.25) is 4.79 Å². The number of phenols is 2. The highest BCUT2D eigenvalue weighted by Gasteiger charge is 2.23. The normalized spacial score (nSPS) is 12.9. The van der Waals surface area contributed by atoms with Gasteiger partial charge in [0.15, 0.2) is 0 Å². The van der Waals surface area contributed by atoms with Gasteiger partial charge < -0.3 is 15.5 Å². The fraction of sp³-hybridized carbons (Fsp3) is 0.708. The molecule has 0 aromatic heterocycles. The molecule has 0 saturated carbocycles. The Morgan fingerprint density at radius 2 is 1.57 bits per heavy atom. The summed E-state index contributed by atoms with van der Waals surface area (Å²) in [5, 5.41) is 22.8. The molecule has 0 spiro atoms. The van der Waals surface area contributed by atoms with E-state index in [0.717, 1.165) is 24.8 Å². The van der Waals surface area contributed by atoms with Crippen molar-refractivity contribution in [1.82, 2.24) is 5.32 Å². The first kappa shape index (κ1) is 24.3. The average molecular weight is 392 g/mol. The van der Waals surface area contributed by atoms with Crippen molar-refractivity contribution in [1.29, 1.82) is 0 Å². The van der Waals surface area contributed by atoms with Crippen molar-refractivity contribution in [3.05, 3.63) is 23.8 Å². The SMILES string of the molecule is CC(=O)NC(CCCCCCCCCC(C)(C)c1cc(O)ccc1O)C(C)C. The Balaban J connectivity index is 2.17. The lowest BCUT2D eigenvalue weighted by atomic mass is 9.79. The van der Waals surface area contributed by atoms with Gasteiger partial charge in [-0.15, -0.1) is 0 Å². The highest BCUT2D eigenvalue weighted by atomic mass is 16.3. The molecule has 4 nitrogen and oxygen atoms in total. The van der Waals surface area contributed by atoms with Crippen LogP contribution in [0.25, 0.3) is 0 Å². The van der Waals surface area contributed by atoms with Crippen molar-refractivity contribution in [2.24, 2.45) is 5.92 Å².